The summed E-state index contributed by atoms with van der Waals surface area (Å²) in [5.41, 5.74) is 1.18. The quantitative estimate of drug-likeness (QED) is 0.586. The highest BCUT2D eigenvalue weighted by Crippen LogP contribution is 2.17. The Hall–Kier alpha value is -0.800. The van der Waals surface area contributed by atoms with Crippen molar-refractivity contribution < 1.29 is 9.15 Å². The molecule has 0 aromatic carbocycles. The fraction of sp³-hybridized carbons (Fsp3) is 0.778. The van der Waals surface area contributed by atoms with Gasteiger partial charge in [-0.15, -0.1) is 0 Å². The van der Waals surface area contributed by atoms with Gasteiger partial charge in [-0.1, -0.05) is 46.5 Å². The lowest BCUT2D eigenvalue weighted by atomic mass is 10.1. The monoisotopic (exact) mass is 295 g/mol. The summed E-state index contributed by atoms with van der Waals surface area (Å²) in [5.74, 6) is 1.98. The molecule has 122 valence electrons. The van der Waals surface area contributed by atoms with Crippen LogP contribution in [0.2, 0.25) is 0 Å². The van der Waals surface area contributed by atoms with Crippen LogP contribution >= 0.6 is 0 Å². The third kappa shape index (κ3) is 7.68. The first-order valence-electron chi connectivity index (χ1n) is 8.46. The number of unbranched alkanes of at least 4 members (excludes halogenated alkanes) is 3. The van der Waals surface area contributed by atoms with Crippen LogP contribution in [0.25, 0.3) is 0 Å². The van der Waals surface area contributed by atoms with E-state index < -0.39 is 0 Å². The zero-order chi connectivity index (χ0) is 15.7. The minimum absolute atomic E-state index is 0.327. The second-order valence-corrected chi connectivity index (χ2v) is 6.30. The minimum atomic E-state index is 0.327. The van der Waals surface area contributed by atoms with E-state index in [1.165, 1.54) is 31.2 Å². The van der Waals surface area contributed by atoms with Crippen LogP contribution in [0.1, 0.15) is 76.9 Å². The second kappa shape index (κ2) is 10.0. The molecular weight excluding hydrogens is 262 g/mol. The normalized spacial score (nSPS) is 13.0. The molecule has 0 aliphatic carbocycles. The zero-order valence-electron chi connectivity index (χ0n) is 14.5. The summed E-state index contributed by atoms with van der Waals surface area (Å²) < 4.78 is 11.7. The summed E-state index contributed by atoms with van der Waals surface area (Å²) in [6.07, 6.45) is 6.69. The van der Waals surface area contributed by atoms with Crippen LogP contribution in [0, 0.1) is 6.92 Å². The molecular formula is C18H33NO2. The van der Waals surface area contributed by atoms with Gasteiger partial charge in [-0.25, -0.2) is 0 Å². The lowest BCUT2D eigenvalue weighted by molar-refractivity contribution is 0.0453. The Morgan fingerprint density at radius 2 is 1.95 bits per heavy atom. The van der Waals surface area contributed by atoms with E-state index in [0.717, 1.165) is 24.5 Å². The van der Waals surface area contributed by atoms with Gasteiger partial charge in [-0.05, 0) is 26.3 Å². The van der Waals surface area contributed by atoms with Gasteiger partial charge in [-0.3, -0.25) is 0 Å². The summed E-state index contributed by atoms with van der Waals surface area (Å²) in [6.45, 7) is 12.1. The standard InChI is InChI=1S/C18H33NO2/c1-6-7-8-9-10-15(4)20-13-17-11-18(21-16(17)5)12-19-14(2)3/h11,14-15,19H,6-10,12-13H2,1-5H3. The summed E-state index contributed by atoms with van der Waals surface area (Å²) in [6, 6.07) is 2.59. The number of furan rings is 1. The van der Waals surface area contributed by atoms with Crippen molar-refractivity contribution >= 4 is 0 Å². The molecule has 0 radical (unpaired) electrons. The van der Waals surface area contributed by atoms with E-state index in [4.69, 9.17) is 9.15 Å². The molecule has 1 aromatic rings. The van der Waals surface area contributed by atoms with Crippen molar-refractivity contribution in [2.75, 3.05) is 0 Å². The van der Waals surface area contributed by atoms with Gasteiger partial charge in [0, 0.05) is 11.6 Å². The maximum absolute atomic E-state index is 5.95. The van der Waals surface area contributed by atoms with Gasteiger partial charge in [-0.2, -0.15) is 0 Å². The van der Waals surface area contributed by atoms with Gasteiger partial charge in [0.15, 0.2) is 0 Å². The summed E-state index contributed by atoms with van der Waals surface area (Å²) in [7, 11) is 0. The second-order valence-electron chi connectivity index (χ2n) is 6.30. The molecule has 0 spiro atoms. The van der Waals surface area contributed by atoms with E-state index >= 15 is 0 Å². The molecule has 0 saturated heterocycles. The Balaban J connectivity index is 2.30. The van der Waals surface area contributed by atoms with E-state index in [-0.39, 0.29) is 0 Å². The van der Waals surface area contributed by atoms with Crippen molar-refractivity contribution in [2.45, 2.75) is 92.0 Å². The van der Waals surface area contributed by atoms with E-state index in [2.05, 4.69) is 39.1 Å². The average molecular weight is 295 g/mol. The van der Waals surface area contributed by atoms with Gasteiger partial charge in [0.2, 0.25) is 0 Å². The Bertz CT molecular complexity index is 385. The average Bonchev–Trinajstić information content (AvgIpc) is 2.79. The molecule has 0 aliphatic heterocycles. The Kier molecular flexibility index (Phi) is 8.70. The molecule has 0 fully saturated rings. The molecule has 0 bridgehead atoms. The predicted molar refractivity (Wildman–Crippen MR) is 88.4 cm³/mol. The topological polar surface area (TPSA) is 34.4 Å². The molecule has 1 rings (SSSR count). The summed E-state index contributed by atoms with van der Waals surface area (Å²) in [5, 5.41) is 3.37. The molecule has 3 nitrogen and oxygen atoms in total. The zero-order valence-corrected chi connectivity index (χ0v) is 14.5. The van der Waals surface area contributed by atoms with Crippen LogP contribution in [-0.2, 0) is 17.9 Å². The van der Waals surface area contributed by atoms with Crippen molar-refractivity contribution in [3.8, 4) is 0 Å². The SMILES string of the molecule is CCCCCCC(C)OCc1cc(CNC(C)C)oc1C. The highest BCUT2D eigenvalue weighted by atomic mass is 16.5. The van der Waals surface area contributed by atoms with Crippen molar-refractivity contribution in [1.82, 2.24) is 5.32 Å². The molecule has 1 heterocycles. The molecule has 0 aliphatic rings. The Morgan fingerprint density at radius 3 is 2.62 bits per heavy atom. The fourth-order valence-corrected chi connectivity index (χ4v) is 2.30. The lowest BCUT2D eigenvalue weighted by Gasteiger charge is -2.12. The minimum Gasteiger partial charge on any atom is -0.465 e. The van der Waals surface area contributed by atoms with E-state index in [1.54, 1.807) is 0 Å². The van der Waals surface area contributed by atoms with Crippen LogP contribution in [-0.4, -0.2) is 12.1 Å². The molecule has 1 atom stereocenters. The molecule has 0 amide bonds. The third-order valence-electron chi connectivity index (χ3n) is 3.74. The van der Waals surface area contributed by atoms with Crippen LogP contribution in [0.5, 0.6) is 0 Å². The molecule has 3 heteroatoms. The van der Waals surface area contributed by atoms with Crippen LogP contribution in [0.4, 0.5) is 0 Å². The first-order chi connectivity index (χ1) is 10.0. The highest BCUT2D eigenvalue weighted by molar-refractivity contribution is 5.20. The first-order valence-corrected chi connectivity index (χ1v) is 8.46. The van der Waals surface area contributed by atoms with Crippen molar-refractivity contribution in [2.24, 2.45) is 0 Å². The van der Waals surface area contributed by atoms with Crippen molar-refractivity contribution in [3.63, 3.8) is 0 Å². The third-order valence-corrected chi connectivity index (χ3v) is 3.74. The highest BCUT2D eigenvalue weighted by Gasteiger charge is 2.10. The smallest absolute Gasteiger partial charge is 0.118 e. The lowest BCUT2D eigenvalue weighted by Crippen LogP contribution is -2.21. The molecule has 1 aromatic heterocycles. The van der Waals surface area contributed by atoms with Crippen LogP contribution < -0.4 is 5.32 Å². The van der Waals surface area contributed by atoms with Crippen LogP contribution in [0.15, 0.2) is 10.5 Å². The number of ether oxygens (including phenoxy) is 1. The Labute approximate surface area is 130 Å². The van der Waals surface area contributed by atoms with Crippen molar-refractivity contribution in [3.05, 3.63) is 23.2 Å². The molecule has 1 unspecified atom stereocenters. The number of hydrogen-bond donors (Lipinski definition) is 1. The first kappa shape index (κ1) is 18.2. The number of aryl methyl sites for hydroxylation is 1. The van der Waals surface area contributed by atoms with Gasteiger partial charge in [0.25, 0.3) is 0 Å². The van der Waals surface area contributed by atoms with Gasteiger partial charge in [0.1, 0.15) is 11.5 Å². The molecule has 0 saturated carbocycles. The van der Waals surface area contributed by atoms with Gasteiger partial charge < -0.3 is 14.5 Å². The van der Waals surface area contributed by atoms with E-state index in [0.29, 0.717) is 18.8 Å². The number of hydrogen-bond acceptors (Lipinski definition) is 3. The van der Waals surface area contributed by atoms with Crippen molar-refractivity contribution in [1.29, 1.82) is 0 Å². The number of nitrogens with one attached hydrogen (secondary N) is 1. The maximum atomic E-state index is 5.95. The molecule has 1 N–H and O–H groups in total. The molecule has 21 heavy (non-hydrogen) atoms. The van der Waals surface area contributed by atoms with E-state index in [1.807, 2.05) is 6.92 Å². The fourth-order valence-electron chi connectivity index (χ4n) is 2.30. The van der Waals surface area contributed by atoms with Gasteiger partial charge >= 0.3 is 0 Å². The number of rotatable bonds is 11. The Morgan fingerprint density at radius 1 is 1.19 bits per heavy atom. The van der Waals surface area contributed by atoms with E-state index in [9.17, 15) is 0 Å². The van der Waals surface area contributed by atoms with Gasteiger partial charge in [0.05, 0.1) is 19.3 Å². The largest absolute Gasteiger partial charge is 0.465 e. The summed E-state index contributed by atoms with van der Waals surface area (Å²) >= 11 is 0. The van der Waals surface area contributed by atoms with Crippen LogP contribution in [0.3, 0.4) is 0 Å². The maximum Gasteiger partial charge on any atom is 0.118 e. The summed E-state index contributed by atoms with van der Waals surface area (Å²) in [4.78, 5) is 0. The predicted octanol–water partition coefficient (Wildman–Crippen LogP) is 4.96.